The molecule has 1 aliphatic heterocycles. The summed E-state index contributed by atoms with van der Waals surface area (Å²) in [6.45, 7) is 0.0799. The summed E-state index contributed by atoms with van der Waals surface area (Å²) in [6, 6.07) is 4.00. The number of rotatable bonds is 3. The summed E-state index contributed by atoms with van der Waals surface area (Å²) >= 11 is 11.8. The van der Waals surface area contributed by atoms with Gasteiger partial charge in [0.15, 0.2) is 0 Å². The molecule has 0 unspecified atom stereocenters. The maximum atomic E-state index is 12.2. The van der Waals surface area contributed by atoms with E-state index in [2.05, 4.69) is 0 Å². The highest BCUT2D eigenvalue weighted by atomic mass is 35.5. The minimum Gasteiger partial charge on any atom is -0.274 e. The van der Waals surface area contributed by atoms with Crippen LogP contribution in [0.1, 0.15) is 27.1 Å². The summed E-state index contributed by atoms with van der Waals surface area (Å²) in [5.41, 5.74) is -0.459. The van der Waals surface area contributed by atoms with E-state index in [4.69, 9.17) is 23.2 Å². The van der Waals surface area contributed by atoms with Crippen molar-refractivity contribution >= 4 is 40.7 Å². The molecule has 0 bridgehead atoms. The molecule has 2 amide bonds. The maximum absolute atomic E-state index is 12.2. The van der Waals surface area contributed by atoms with Crippen molar-refractivity contribution in [1.29, 1.82) is 0 Å². The van der Waals surface area contributed by atoms with E-state index in [-0.39, 0.29) is 29.3 Å². The number of carbonyl (C=O) groups is 2. The highest BCUT2D eigenvalue weighted by Crippen LogP contribution is 2.53. The first kappa shape index (κ1) is 13.3. The summed E-state index contributed by atoms with van der Waals surface area (Å²) in [5.74, 6) is -1.38. The first-order chi connectivity index (χ1) is 9.33. The fraction of sp³-hybridized carbons (Fsp3) is 0.333. The summed E-state index contributed by atoms with van der Waals surface area (Å²) in [6.07, 6.45) is 0.492. The number of hydrogen-bond donors (Lipinski definition) is 0. The van der Waals surface area contributed by atoms with E-state index in [1.807, 2.05) is 0 Å². The summed E-state index contributed by atoms with van der Waals surface area (Å²) in [5, 5.41) is 10.9. The van der Waals surface area contributed by atoms with Crippen LogP contribution in [0.25, 0.3) is 0 Å². The minimum absolute atomic E-state index is 0.0552. The number of hydrogen-bond acceptors (Lipinski definition) is 4. The molecule has 1 aliphatic carbocycles. The molecule has 0 saturated heterocycles. The van der Waals surface area contributed by atoms with Gasteiger partial charge in [-0.1, -0.05) is 6.07 Å². The van der Waals surface area contributed by atoms with E-state index in [1.165, 1.54) is 18.2 Å². The van der Waals surface area contributed by atoms with Crippen molar-refractivity contribution in [2.24, 2.45) is 5.92 Å². The highest BCUT2D eigenvalue weighted by Gasteiger charge is 2.54. The number of imide groups is 1. The molecule has 0 aromatic heterocycles. The van der Waals surface area contributed by atoms with E-state index in [0.717, 1.165) is 4.90 Å². The molecule has 1 saturated carbocycles. The van der Waals surface area contributed by atoms with Gasteiger partial charge in [0.2, 0.25) is 0 Å². The van der Waals surface area contributed by atoms with Gasteiger partial charge in [-0.2, -0.15) is 0 Å². The average molecular weight is 315 g/mol. The van der Waals surface area contributed by atoms with Crippen molar-refractivity contribution in [3.8, 4) is 0 Å². The second kappa shape index (κ2) is 4.17. The Labute approximate surface area is 123 Å². The third kappa shape index (κ3) is 1.87. The molecule has 1 heterocycles. The SMILES string of the molecule is O=C1c2cccc([N+](=O)[O-])c2C(=O)N1C[C@H]1CC1(Cl)Cl. The number of alkyl halides is 2. The molecule has 20 heavy (non-hydrogen) atoms. The molecule has 104 valence electrons. The Morgan fingerprint density at radius 2 is 2.00 bits per heavy atom. The molecule has 0 radical (unpaired) electrons. The van der Waals surface area contributed by atoms with E-state index < -0.39 is 21.1 Å². The van der Waals surface area contributed by atoms with E-state index >= 15 is 0 Å². The zero-order chi connectivity index (χ0) is 14.7. The van der Waals surface area contributed by atoms with Crippen LogP contribution in [-0.4, -0.2) is 32.5 Å². The largest absolute Gasteiger partial charge is 0.282 e. The average Bonchev–Trinajstić information content (AvgIpc) is 2.92. The lowest BCUT2D eigenvalue weighted by Gasteiger charge is -2.13. The Hall–Kier alpha value is -1.66. The molecule has 2 aliphatic rings. The highest BCUT2D eigenvalue weighted by molar-refractivity contribution is 6.50. The number of amides is 2. The Bertz CT molecular complexity index is 659. The molecule has 1 fully saturated rings. The lowest BCUT2D eigenvalue weighted by molar-refractivity contribution is -0.385. The number of nitro benzene ring substituents is 1. The van der Waals surface area contributed by atoms with E-state index in [9.17, 15) is 19.7 Å². The van der Waals surface area contributed by atoms with Gasteiger partial charge in [0.1, 0.15) is 9.90 Å². The van der Waals surface area contributed by atoms with Crippen molar-refractivity contribution in [1.82, 2.24) is 4.90 Å². The van der Waals surface area contributed by atoms with Gasteiger partial charge in [-0.15, -0.1) is 23.2 Å². The second-order valence-electron chi connectivity index (χ2n) is 4.84. The van der Waals surface area contributed by atoms with Gasteiger partial charge in [0, 0.05) is 18.5 Å². The molecule has 1 atom stereocenters. The molecule has 6 nitrogen and oxygen atoms in total. The molecule has 0 N–H and O–H groups in total. The summed E-state index contributed by atoms with van der Waals surface area (Å²) in [4.78, 5) is 35.6. The molecule has 1 aromatic carbocycles. The molecule has 0 spiro atoms. The fourth-order valence-electron chi connectivity index (χ4n) is 2.32. The second-order valence-corrected chi connectivity index (χ2v) is 6.38. The normalized spacial score (nSPS) is 22.9. The van der Waals surface area contributed by atoms with Crippen LogP contribution in [0.4, 0.5) is 5.69 Å². The predicted molar refractivity (Wildman–Crippen MR) is 71.0 cm³/mol. The number of halogens is 2. The predicted octanol–water partition coefficient (Wildman–Crippen LogP) is 2.38. The number of benzene rings is 1. The van der Waals surface area contributed by atoms with Crippen molar-refractivity contribution < 1.29 is 14.5 Å². The number of nitro groups is 1. The van der Waals surface area contributed by atoms with Crippen LogP contribution in [0.3, 0.4) is 0 Å². The van der Waals surface area contributed by atoms with Crippen molar-refractivity contribution in [2.75, 3.05) is 6.54 Å². The number of fused-ring (bicyclic) bond motifs is 1. The monoisotopic (exact) mass is 314 g/mol. The van der Waals surface area contributed by atoms with Crippen molar-refractivity contribution in [3.63, 3.8) is 0 Å². The van der Waals surface area contributed by atoms with Crippen LogP contribution in [0.5, 0.6) is 0 Å². The van der Waals surface area contributed by atoms with Crippen LogP contribution in [0.15, 0.2) is 18.2 Å². The lowest BCUT2D eigenvalue weighted by atomic mass is 10.1. The van der Waals surface area contributed by atoms with Gasteiger partial charge in [0.25, 0.3) is 17.5 Å². The van der Waals surface area contributed by atoms with Gasteiger partial charge >= 0.3 is 0 Å². The van der Waals surface area contributed by atoms with Crippen molar-refractivity contribution in [3.05, 3.63) is 39.4 Å². The molecule has 3 rings (SSSR count). The number of nitrogens with zero attached hydrogens (tertiary/aromatic N) is 2. The first-order valence-electron chi connectivity index (χ1n) is 5.84. The van der Waals surface area contributed by atoms with E-state index in [0.29, 0.717) is 6.42 Å². The van der Waals surface area contributed by atoms with Crippen LogP contribution in [0.2, 0.25) is 0 Å². The Kier molecular flexibility index (Phi) is 2.78. The fourth-order valence-corrected chi connectivity index (χ4v) is 2.83. The quantitative estimate of drug-likeness (QED) is 0.371. The standard InChI is InChI=1S/C12H8Cl2N2O4/c13-12(14)4-6(12)5-15-10(17)7-2-1-3-8(16(19)20)9(7)11(15)18/h1-3,6H,4-5H2/t6-/m1/s1. The first-order valence-corrected chi connectivity index (χ1v) is 6.60. The Balaban J connectivity index is 1.96. The van der Waals surface area contributed by atoms with Gasteiger partial charge in [-0.05, 0) is 12.5 Å². The van der Waals surface area contributed by atoms with Crippen LogP contribution in [0, 0.1) is 16.0 Å². The summed E-state index contributed by atoms with van der Waals surface area (Å²) < 4.78 is -0.915. The van der Waals surface area contributed by atoms with Crippen LogP contribution < -0.4 is 0 Å². The third-order valence-electron chi connectivity index (χ3n) is 3.53. The lowest BCUT2D eigenvalue weighted by Crippen LogP contribution is -2.32. The maximum Gasteiger partial charge on any atom is 0.282 e. The zero-order valence-electron chi connectivity index (χ0n) is 10.0. The van der Waals surface area contributed by atoms with Gasteiger partial charge in [0.05, 0.1) is 10.5 Å². The number of carbonyl (C=O) groups excluding carboxylic acids is 2. The molecule has 8 heteroatoms. The molecular formula is C12H8Cl2N2O4. The third-order valence-corrected chi connectivity index (χ3v) is 4.46. The zero-order valence-corrected chi connectivity index (χ0v) is 11.5. The van der Waals surface area contributed by atoms with E-state index in [1.54, 1.807) is 0 Å². The van der Waals surface area contributed by atoms with Crippen LogP contribution >= 0.6 is 23.2 Å². The van der Waals surface area contributed by atoms with Crippen LogP contribution in [-0.2, 0) is 0 Å². The topological polar surface area (TPSA) is 80.5 Å². The molecule has 1 aromatic rings. The van der Waals surface area contributed by atoms with Gasteiger partial charge in [-0.3, -0.25) is 24.6 Å². The minimum atomic E-state index is -0.915. The van der Waals surface area contributed by atoms with Gasteiger partial charge < -0.3 is 0 Å². The van der Waals surface area contributed by atoms with Gasteiger partial charge in [-0.25, -0.2) is 0 Å². The smallest absolute Gasteiger partial charge is 0.274 e. The Morgan fingerprint density at radius 3 is 2.55 bits per heavy atom. The summed E-state index contributed by atoms with van der Waals surface area (Å²) in [7, 11) is 0. The van der Waals surface area contributed by atoms with Crippen molar-refractivity contribution in [2.45, 2.75) is 10.8 Å². The molecular weight excluding hydrogens is 307 g/mol. The Morgan fingerprint density at radius 1 is 1.35 bits per heavy atom.